The van der Waals surface area contributed by atoms with Crippen molar-refractivity contribution in [3.63, 3.8) is 0 Å². The minimum atomic E-state index is -4.28. The monoisotopic (exact) mass is 701 g/mol. The molecular formula is C34H34Cl3N3O5S. The molecule has 8 nitrogen and oxygen atoms in total. The van der Waals surface area contributed by atoms with Crippen molar-refractivity contribution in [2.24, 2.45) is 0 Å². The van der Waals surface area contributed by atoms with Gasteiger partial charge in [0.1, 0.15) is 18.3 Å². The summed E-state index contributed by atoms with van der Waals surface area (Å²) in [6, 6.07) is 25.3. The molecule has 0 aliphatic rings. The van der Waals surface area contributed by atoms with Gasteiger partial charge in [-0.1, -0.05) is 78.1 Å². The van der Waals surface area contributed by atoms with Gasteiger partial charge in [0.15, 0.2) is 0 Å². The van der Waals surface area contributed by atoms with Gasteiger partial charge in [-0.15, -0.1) is 0 Å². The van der Waals surface area contributed by atoms with Crippen LogP contribution in [0, 0.1) is 0 Å². The molecule has 0 saturated carbocycles. The number of rotatable bonds is 14. The van der Waals surface area contributed by atoms with Crippen molar-refractivity contribution in [1.82, 2.24) is 10.2 Å². The highest BCUT2D eigenvalue weighted by Crippen LogP contribution is 2.28. The van der Waals surface area contributed by atoms with E-state index in [4.69, 9.17) is 39.5 Å². The van der Waals surface area contributed by atoms with Gasteiger partial charge < -0.3 is 15.0 Å². The van der Waals surface area contributed by atoms with E-state index in [1.54, 1.807) is 30.3 Å². The second kappa shape index (κ2) is 16.2. The number of sulfonamides is 1. The zero-order chi connectivity index (χ0) is 33.3. The predicted molar refractivity (Wildman–Crippen MR) is 183 cm³/mol. The number of halogens is 3. The normalized spacial score (nSPS) is 11.8. The molecule has 0 heterocycles. The van der Waals surface area contributed by atoms with Crippen LogP contribution in [0.15, 0.2) is 102 Å². The summed E-state index contributed by atoms with van der Waals surface area (Å²) in [5.41, 5.74) is 1.66. The van der Waals surface area contributed by atoms with Crippen LogP contribution in [0.1, 0.15) is 24.5 Å². The number of carbonyl (C=O) groups excluding carboxylic acids is 2. The smallest absolute Gasteiger partial charge is 0.264 e. The minimum Gasteiger partial charge on any atom is -0.497 e. The average molecular weight is 703 g/mol. The van der Waals surface area contributed by atoms with Crippen molar-refractivity contribution in [3.8, 4) is 5.75 Å². The summed E-state index contributed by atoms with van der Waals surface area (Å²) < 4.78 is 34.5. The Bertz CT molecular complexity index is 1740. The summed E-state index contributed by atoms with van der Waals surface area (Å²) >= 11 is 18.6. The lowest BCUT2D eigenvalue weighted by Crippen LogP contribution is -2.53. The second-order valence-corrected chi connectivity index (χ2v) is 13.5. The highest BCUT2D eigenvalue weighted by atomic mass is 35.5. The molecular weight excluding hydrogens is 669 g/mol. The third-order valence-corrected chi connectivity index (χ3v) is 9.98. The SMILES string of the molecule is CCCNC(=O)C(Cc1ccccc1)N(Cc1ccc(Cl)c(Cl)c1)C(=O)CN(c1ccc(Cl)cc1)S(=O)(=O)c1ccc(OC)cc1. The van der Waals surface area contributed by atoms with Gasteiger partial charge in [-0.25, -0.2) is 8.42 Å². The lowest BCUT2D eigenvalue weighted by atomic mass is 10.0. The largest absolute Gasteiger partial charge is 0.497 e. The summed E-state index contributed by atoms with van der Waals surface area (Å²) in [6.07, 6.45) is 0.880. The molecule has 2 amide bonds. The number of methoxy groups -OCH3 is 1. The summed E-state index contributed by atoms with van der Waals surface area (Å²) in [6.45, 7) is 1.69. The summed E-state index contributed by atoms with van der Waals surface area (Å²) in [7, 11) is -2.80. The molecule has 4 aromatic rings. The van der Waals surface area contributed by atoms with Gasteiger partial charge in [-0.05, 0) is 78.2 Å². The first-order chi connectivity index (χ1) is 22.0. The van der Waals surface area contributed by atoms with Gasteiger partial charge in [-0.2, -0.15) is 0 Å². The molecule has 4 aromatic carbocycles. The van der Waals surface area contributed by atoms with E-state index in [0.29, 0.717) is 34.3 Å². The fourth-order valence-corrected chi connectivity index (χ4v) is 6.63. The highest BCUT2D eigenvalue weighted by Gasteiger charge is 2.34. The molecule has 46 heavy (non-hydrogen) atoms. The van der Waals surface area contributed by atoms with Crippen molar-refractivity contribution < 1.29 is 22.7 Å². The van der Waals surface area contributed by atoms with E-state index in [1.165, 1.54) is 48.4 Å². The number of amides is 2. The Morgan fingerprint density at radius 2 is 1.52 bits per heavy atom. The van der Waals surface area contributed by atoms with E-state index in [2.05, 4.69) is 5.32 Å². The second-order valence-electron chi connectivity index (χ2n) is 10.4. The number of hydrogen-bond acceptors (Lipinski definition) is 5. The number of benzene rings is 4. The van der Waals surface area contributed by atoms with Crippen molar-refractivity contribution in [1.29, 1.82) is 0 Å². The Kier molecular flexibility index (Phi) is 12.3. The quantitative estimate of drug-likeness (QED) is 0.153. The molecule has 0 fully saturated rings. The van der Waals surface area contributed by atoms with Crippen LogP contribution in [0.3, 0.4) is 0 Å². The van der Waals surface area contributed by atoms with Crippen molar-refractivity contribution in [2.75, 3.05) is 24.5 Å². The van der Waals surface area contributed by atoms with Gasteiger partial charge in [0, 0.05) is 24.5 Å². The van der Waals surface area contributed by atoms with E-state index >= 15 is 0 Å². The number of carbonyl (C=O) groups is 2. The number of anilines is 1. The standard InChI is InChI=1S/C34H34Cl3N3O5S/c1-3-19-38-34(42)32(21-24-7-5-4-6-8-24)39(22-25-9-18-30(36)31(37)20-25)33(41)23-40(27-12-10-26(35)11-13-27)46(43,44)29-16-14-28(45-2)15-17-29/h4-18,20,32H,3,19,21-23H2,1-2H3,(H,38,42). The lowest BCUT2D eigenvalue weighted by Gasteiger charge is -2.34. The maximum Gasteiger partial charge on any atom is 0.264 e. The van der Waals surface area contributed by atoms with Gasteiger partial charge in [-0.3, -0.25) is 13.9 Å². The van der Waals surface area contributed by atoms with Gasteiger partial charge in [0.2, 0.25) is 11.8 Å². The zero-order valence-electron chi connectivity index (χ0n) is 25.3. The van der Waals surface area contributed by atoms with Gasteiger partial charge in [0.25, 0.3) is 10.0 Å². The zero-order valence-corrected chi connectivity index (χ0v) is 28.4. The maximum absolute atomic E-state index is 14.5. The van der Waals surface area contributed by atoms with Crippen LogP contribution in [-0.2, 0) is 32.6 Å². The van der Waals surface area contributed by atoms with Crippen LogP contribution >= 0.6 is 34.8 Å². The maximum atomic E-state index is 14.5. The Labute approximate surface area is 284 Å². The fourth-order valence-electron chi connectivity index (χ4n) is 4.77. The first-order valence-corrected chi connectivity index (χ1v) is 17.1. The minimum absolute atomic E-state index is 0.0379. The summed E-state index contributed by atoms with van der Waals surface area (Å²) in [5, 5.41) is 3.93. The van der Waals surface area contributed by atoms with E-state index in [1.807, 2.05) is 37.3 Å². The Balaban J connectivity index is 1.80. The first kappa shape index (κ1) is 35.1. The highest BCUT2D eigenvalue weighted by molar-refractivity contribution is 7.92. The molecule has 0 spiro atoms. The fraction of sp³-hybridized carbons (Fsp3) is 0.235. The molecule has 0 aliphatic carbocycles. The van der Waals surface area contributed by atoms with Crippen molar-refractivity contribution in [3.05, 3.63) is 123 Å². The Morgan fingerprint density at radius 3 is 2.13 bits per heavy atom. The van der Waals surface area contributed by atoms with Crippen LogP contribution < -0.4 is 14.4 Å². The van der Waals surface area contributed by atoms with Crippen LogP contribution in [-0.4, -0.2) is 51.4 Å². The molecule has 12 heteroatoms. The molecule has 0 aliphatic heterocycles. The topological polar surface area (TPSA) is 96.0 Å². The lowest BCUT2D eigenvalue weighted by molar-refractivity contribution is -0.140. The number of nitrogens with one attached hydrogen (secondary N) is 1. The molecule has 1 atom stereocenters. The number of ether oxygens (including phenoxy) is 1. The average Bonchev–Trinajstić information content (AvgIpc) is 3.06. The molecule has 1 N–H and O–H groups in total. The first-order valence-electron chi connectivity index (χ1n) is 14.5. The molecule has 0 saturated heterocycles. The third-order valence-electron chi connectivity index (χ3n) is 7.20. The Hall–Kier alpha value is -3.76. The molecule has 0 bridgehead atoms. The van der Waals surface area contributed by atoms with E-state index < -0.39 is 28.5 Å². The predicted octanol–water partition coefficient (Wildman–Crippen LogP) is 7.02. The summed E-state index contributed by atoms with van der Waals surface area (Å²) in [4.78, 5) is 29.5. The molecule has 1 unspecified atom stereocenters. The molecule has 4 rings (SSSR count). The van der Waals surface area contributed by atoms with Crippen LogP contribution in [0.25, 0.3) is 0 Å². The van der Waals surface area contributed by atoms with E-state index in [-0.39, 0.29) is 34.5 Å². The van der Waals surface area contributed by atoms with Crippen molar-refractivity contribution >= 4 is 62.3 Å². The molecule has 0 aromatic heterocycles. The van der Waals surface area contributed by atoms with Gasteiger partial charge >= 0.3 is 0 Å². The molecule has 0 radical (unpaired) electrons. The van der Waals surface area contributed by atoms with E-state index in [0.717, 1.165) is 9.87 Å². The number of nitrogens with zero attached hydrogens (tertiary/aromatic N) is 2. The van der Waals surface area contributed by atoms with Gasteiger partial charge in [0.05, 0.1) is 27.7 Å². The Morgan fingerprint density at radius 1 is 0.848 bits per heavy atom. The molecule has 242 valence electrons. The van der Waals surface area contributed by atoms with Crippen LogP contribution in [0.2, 0.25) is 15.1 Å². The summed E-state index contributed by atoms with van der Waals surface area (Å²) in [5.74, 6) is -0.497. The van der Waals surface area contributed by atoms with Crippen LogP contribution in [0.5, 0.6) is 5.75 Å². The van der Waals surface area contributed by atoms with Crippen LogP contribution in [0.4, 0.5) is 5.69 Å². The third kappa shape index (κ3) is 8.94. The van der Waals surface area contributed by atoms with Crippen molar-refractivity contribution in [2.45, 2.75) is 37.2 Å². The number of hydrogen-bond donors (Lipinski definition) is 1. The van der Waals surface area contributed by atoms with E-state index in [9.17, 15) is 18.0 Å².